The van der Waals surface area contributed by atoms with Crippen LogP contribution in [0.2, 0.25) is 0 Å². The highest BCUT2D eigenvalue weighted by atomic mass is 16.3. The quantitative estimate of drug-likeness (QED) is 0.876. The van der Waals surface area contributed by atoms with Crippen molar-refractivity contribution in [2.75, 3.05) is 11.4 Å². The van der Waals surface area contributed by atoms with E-state index in [1.165, 1.54) is 0 Å². The Morgan fingerprint density at radius 3 is 2.36 bits per heavy atom. The van der Waals surface area contributed by atoms with Crippen molar-refractivity contribution in [2.45, 2.75) is 19.1 Å². The lowest BCUT2D eigenvalue weighted by Gasteiger charge is -2.25. The van der Waals surface area contributed by atoms with Crippen molar-refractivity contribution < 1.29 is 5.11 Å². The number of benzene rings is 2. The van der Waals surface area contributed by atoms with Gasteiger partial charge in [-0.1, -0.05) is 30.3 Å². The predicted octanol–water partition coefficient (Wildman–Crippen LogP) is 2.87. The van der Waals surface area contributed by atoms with Gasteiger partial charge in [0.15, 0.2) is 0 Å². The van der Waals surface area contributed by atoms with Crippen LogP contribution in [0.3, 0.4) is 0 Å². The number of aliphatic hydroxyl groups excluding tert-OH is 1. The van der Waals surface area contributed by atoms with Crippen LogP contribution in [0.4, 0.5) is 5.69 Å². The first-order valence-corrected chi connectivity index (χ1v) is 7.18. The summed E-state index contributed by atoms with van der Waals surface area (Å²) in [5.41, 5.74) is 3.61. The van der Waals surface area contributed by atoms with Crippen molar-refractivity contribution in [3.8, 4) is 12.1 Å². The molecule has 1 atom stereocenters. The summed E-state index contributed by atoms with van der Waals surface area (Å²) in [5.74, 6) is 0. The van der Waals surface area contributed by atoms with Gasteiger partial charge in [-0.2, -0.15) is 10.5 Å². The summed E-state index contributed by atoms with van der Waals surface area (Å²) in [6.07, 6.45) is 0.0581. The van der Waals surface area contributed by atoms with Crippen molar-refractivity contribution in [2.24, 2.45) is 0 Å². The maximum atomic E-state index is 10.3. The normalized spacial score (nSPS) is 17.0. The Hall–Kier alpha value is -2.82. The second-order valence-electron chi connectivity index (χ2n) is 5.35. The number of anilines is 1. The maximum absolute atomic E-state index is 10.3. The van der Waals surface area contributed by atoms with E-state index in [0.717, 1.165) is 11.1 Å². The Bertz CT molecular complexity index is 753. The van der Waals surface area contributed by atoms with Crippen LogP contribution >= 0.6 is 0 Å². The molecule has 1 heterocycles. The molecule has 3 rings (SSSR count). The summed E-state index contributed by atoms with van der Waals surface area (Å²) in [6.45, 7) is 1.18. The minimum absolute atomic E-state index is 0.493. The molecule has 22 heavy (non-hydrogen) atoms. The van der Waals surface area contributed by atoms with Gasteiger partial charge in [0.2, 0.25) is 0 Å². The standard InChI is InChI=1S/C18H15N3O/c19-10-13-5-3-6-14(11-20)18(13)21-9-8-17(22)16-7-2-1-4-15(16)12-21/h1-7,17,22H,8-9,12H2. The average Bonchev–Trinajstić information content (AvgIpc) is 2.73. The van der Waals surface area contributed by atoms with E-state index in [1.54, 1.807) is 18.2 Å². The molecule has 0 fully saturated rings. The highest BCUT2D eigenvalue weighted by Crippen LogP contribution is 2.32. The van der Waals surface area contributed by atoms with Crippen molar-refractivity contribution >= 4 is 5.69 Å². The summed E-state index contributed by atoms with van der Waals surface area (Å²) in [6, 6.07) is 17.3. The number of fused-ring (bicyclic) bond motifs is 1. The molecule has 0 spiro atoms. The zero-order valence-corrected chi connectivity index (χ0v) is 12.0. The molecule has 2 aromatic carbocycles. The van der Waals surface area contributed by atoms with E-state index in [2.05, 4.69) is 12.1 Å². The average molecular weight is 289 g/mol. The summed E-state index contributed by atoms with van der Waals surface area (Å²) >= 11 is 0. The van der Waals surface area contributed by atoms with Gasteiger partial charge in [-0.25, -0.2) is 0 Å². The third-order valence-electron chi connectivity index (χ3n) is 4.04. The zero-order chi connectivity index (χ0) is 15.5. The van der Waals surface area contributed by atoms with Gasteiger partial charge in [-0.3, -0.25) is 0 Å². The van der Waals surface area contributed by atoms with Crippen LogP contribution in [0.25, 0.3) is 0 Å². The van der Waals surface area contributed by atoms with Gasteiger partial charge in [0, 0.05) is 13.1 Å². The van der Waals surface area contributed by atoms with Gasteiger partial charge in [0.25, 0.3) is 0 Å². The fourth-order valence-corrected chi connectivity index (χ4v) is 2.98. The topological polar surface area (TPSA) is 71.0 Å². The highest BCUT2D eigenvalue weighted by molar-refractivity contribution is 5.68. The zero-order valence-electron chi connectivity index (χ0n) is 12.0. The number of hydrogen-bond donors (Lipinski definition) is 1. The smallest absolute Gasteiger partial charge is 0.101 e. The molecular weight excluding hydrogens is 274 g/mol. The SMILES string of the molecule is N#Cc1cccc(C#N)c1N1CCC(O)c2ccccc2C1. The fourth-order valence-electron chi connectivity index (χ4n) is 2.98. The molecule has 2 aromatic rings. The second kappa shape index (κ2) is 5.89. The molecule has 0 saturated carbocycles. The first kappa shape index (κ1) is 14.1. The first-order chi connectivity index (χ1) is 10.7. The molecule has 4 heteroatoms. The Kier molecular flexibility index (Phi) is 3.78. The molecule has 0 radical (unpaired) electrons. The third-order valence-corrected chi connectivity index (χ3v) is 4.04. The van der Waals surface area contributed by atoms with E-state index in [1.807, 2.05) is 29.2 Å². The van der Waals surface area contributed by atoms with E-state index in [-0.39, 0.29) is 0 Å². The van der Waals surface area contributed by atoms with Crippen LogP contribution in [-0.2, 0) is 6.54 Å². The van der Waals surface area contributed by atoms with E-state index in [0.29, 0.717) is 36.3 Å². The number of rotatable bonds is 1. The minimum Gasteiger partial charge on any atom is -0.388 e. The Morgan fingerprint density at radius 2 is 1.68 bits per heavy atom. The third kappa shape index (κ3) is 2.41. The lowest BCUT2D eigenvalue weighted by atomic mass is 10.0. The molecule has 1 aliphatic heterocycles. The fraction of sp³-hybridized carbons (Fsp3) is 0.222. The summed E-state index contributed by atoms with van der Waals surface area (Å²) in [5, 5.41) is 29.0. The van der Waals surface area contributed by atoms with Crippen LogP contribution in [0.1, 0.15) is 34.8 Å². The minimum atomic E-state index is -0.513. The monoisotopic (exact) mass is 289 g/mol. The molecule has 0 aromatic heterocycles. The maximum Gasteiger partial charge on any atom is 0.101 e. The molecule has 1 unspecified atom stereocenters. The van der Waals surface area contributed by atoms with Crippen molar-refractivity contribution in [1.29, 1.82) is 10.5 Å². The molecule has 4 nitrogen and oxygen atoms in total. The lowest BCUT2D eigenvalue weighted by molar-refractivity contribution is 0.171. The van der Waals surface area contributed by atoms with Crippen molar-refractivity contribution in [3.05, 3.63) is 64.7 Å². The van der Waals surface area contributed by atoms with Crippen LogP contribution in [0, 0.1) is 22.7 Å². The summed E-state index contributed by atoms with van der Waals surface area (Å²) in [4.78, 5) is 2.02. The lowest BCUT2D eigenvalue weighted by Crippen LogP contribution is -2.24. The van der Waals surface area contributed by atoms with Gasteiger partial charge in [-0.05, 0) is 29.7 Å². The van der Waals surface area contributed by atoms with Crippen LogP contribution < -0.4 is 4.90 Å². The van der Waals surface area contributed by atoms with Gasteiger partial charge in [0.1, 0.15) is 12.1 Å². The molecule has 0 saturated heterocycles. The molecule has 108 valence electrons. The van der Waals surface area contributed by atoms with Crippen molar-refractivity contribution in [3.63, 3.8) is 0 Å². The Morgan fingerprint density at radius 1 is 1.00 bits per heavy atom. The first-order valence-electron chi connectivity index (χ1n) is 7.18. The van der Waals surface area contributed by atoms with Crippen LogP contribution in [0.5, 0.6) is 0 Å². The second-order valence-corrected chi connectivity index (χ2v) is 5.35. The van der Waals surface area contributed by atoms with Gasteiger partial charge in [0.05, 0.1) is 22.9 Å². The van der Waals surface area contributed by atoms with E-state index in [9.17, 15) is 15.6 Å². The largest absolute Gasteiger partial charge is 0.388 e. The molecule has 1 aliphatic rings. The number of aliphatic hydroxyl groups is 1. The molecule has 0 amide bonds. The van der Waals surface area contributed by atoms with E-state index >= 15 is 0 Å². The Balaban J connectivity index is 2.09. The van der Waals surface area contributed by atoms with Gasteiger partial charge in [-0.15, -0.1) is 0 Å². The molecule has 0 aliphatic carbocycles. The Labute approximate surface area is 129 Å². The summed E-state index contributed by atoms with van der Waals surface area (Å²) in [7, 11) is 0. The number of nitrogens with zero attached hydrogens (tertiary/aromatic N) is 3. The van der Waals surface area contributed by atoms with Gasteiger partial charge >= 0.3 is 0 Å². The summed E-state index contributed by atoms with van der Waals surface area (Å²) < 4.78 is 0. The van der Waals surface area contributed by atoms with Crippen molar-refractivity contribution in [1.82, 2.24) is 0 Å². The number of para-hydroxylation sites is 1. The van der Waals surface area contributed by atoms with E-state index < -0.39 is 6.10 Å². The van der Waals surface area contributed by atoms with E-state index in [4.69, 9.17) is 0 Å². The van der Waals surface area contributed by atoms with Crippen LogP contribution in [0.15, 0.2) is 42.5 Å². The number of hydrogen-bond acceptors (Lipinski definition) is 4. The highest BCUT2D eigenvalue weighted by Gasteiger charge is 2.23. The number of nitriles is 2. The molecule has 1 N–H and O–H groups in total. The molecule has 0 bridgehead atoms. The molecular formula is C18H15N3O. The van der Waals surface area contributed by atoms with Crippen LogP contribution in [-0.4, -0.2) is 11.7 Å². The van der Waals surface area contributed by atoms with Gasteiger partial charge < -0.3 is 10.0 Å². The predicted molar refractivity (Wildman–Crippen MR) is 82.9 cm³/mol.